The molecule has 24 heavy (non-hydrogen) atoms. The van der Waals surface area contributed by atoms with E-state index in [2.05, 4.69) is 25.6 Å². The fourth-order valence-electron chi connectivity index (χ4n) is 1.97. The quantitative estimate of drug-likeness (QED) is 0.769. The molecule has 3 aromatic heterocycles. The third-order valence-electron chi connectivity index (χ3n) is 3.10. The molecule has 3 aromatic rings. The van der Waals surface area contributed by atoms with Crippen molar-refractivity contribution in [1.29, 1.82) is 0 Å². The predicted octanol–water partition coefficient (Wildman–Crippen LogP) is 2.38. The molecule has 2 N–H and O–H groups in total. The highest BCUT2D eigenvalue weighted by atomic mass is 16.2. The predicted molar refractivity (Wildman–Crippen MR) is 88.6 cm³/mol. The lowest BCUT2D eigenvalue weighted by atomic mass is 10.2. The lowest BCUT2D eigenvalue weighted by molar-refractivity contribution is 0.102. The second kappa shape index (κ2) is 7.10. The van der Waals surface area contributed by atoms with Crippen LogP contribution in [0.25, 0.3) is 0 Å². The molecule has 7 nitrogen and oxygen atoms in total. The Kier molecular flexibility index (Phi) is 4.52. The van der Waals surface area contributed by atoms with E-state index in [4.69, 9.17) is 0 Å². The summed E-state index contributed by atoms with van der Waals surface area (Å²) < 4.78 is 0. The van der Waals surface area contributed by atoms with Crippen LogP contribution < -0.4 is 10.6 Å². The van der Waals surface area contributed by atoms with E-state index < -0.39 is 0 Å². The number of nitrogens with zero attached hydrogens (tertiary/aromatic N) is 3. The van der Waals surface area contributed by atoms with E-state index in [0.717, 1.165) is 0 Å². The van der Waals surface area contributed by atoms with Gasteiger partial charge in [-0.05, 0) is 30.3 Å². The number of aromatic nitrogens is 3. The summed E-state index contributed by atoms with van der Waals surface area (Å²) in [6, 6.07) is 8.34. The minimum Gasteiger partial charge on any atom is -0.321 e. The van der Waals surface area contributed by atoms with E-state index in [1.54, 1.807) is 36.7 Å². The molecule has 0 aliphatic carbocycles. The molecule has 0 aliphatic heterocycles. The average Bonchev–Trinajstić information content (AvgIpc) is 2.63. The van der Waals surface area contributed by atoms with Crippen molar-refractivity contribution in [2.24, 2.45) is 0 Å². The topological polar surface area (TPSA) is 96.9 Å². The van der Waals surface area contributed by atoms with Crippen LogP contribution in [-0.2, 0) is 0 Å². The number of hydrogen-bond acceptors (Lipinski definition) is 5. The fourth-order valence-corrected chi connectivity index (χ4v) is 1.97. The van der Waals surface area contributed by atoms with Gasteiger partial charge in [0.2, 0.25) is 0 Å². The first-order valence-electron chi connectivity index (χ1n) is 7.10. The van der Waals surface area contributed by atoms with Crippen LogP contribution in [0.4, 0.5) is 11.4 Å². The Labute approximate surface area is 137 Å². The van der Waals surface area contributed by atoms with Gasteiger partial charge < -0.3 is 10.6 Å². The molecule has 0 spiro atoms. The van der Waals surface area contributed by atoms with Gasteiger partial charge in [0, 0.05) is 24.8 Å². The summed E-state index contributed by atoms with van der Waals surface area (Å²) in [4.78, 5) is 36.3. The largest absolute Gasteiger partial charge is 0.321 e. The third kappa shape index (κ3) is 3.77. The molecule has 0 atom stereocenters. The van der Waals surface area contributed by atoms with Gasteiger partial charge in [0.25, 0.3) is 11.8 Å². The Morgan fingerprint density at radius 2 is 1.21 bits per heavy atom. The molecule has 118 valence electrons. The molecule has 2 amide bonds. The molecule has 3 rings (SSSR count). The summed E-state index contributed by atoms with van der Waals surface area (Å²) in [6.07, 6.45) is 9.08. The van der Waals surface area contributed by atoms with Gasteiger partial charge in [0.05, 0.1) is 34.9 Å². The van der Waals surface area contributed by atoms with Gasteiger partial charge >= 0.3 is 0 Å². The zero-order chi connectivity index (χ0) is 16.8. The van der Waals surface area contributed by atoms with Crippen LogP contribution in [0, 0.1) is 0 Å². The molecule has 3 heterocycles. The molecule has 0 aromatic carbocycles. The van der Waals surface area contributed by atoms with E-state index in [-0.39, 0.29) is 22.9 Å². The van der Waals surface area contributed by atoms with Crippen molar-refractivity contribution in [2.45, 2.75) is 0 Å². The third-order valence-corrected chi connectivity index (χ3v) is 3.10. The molecular formula is C17H13N5O2. The maximum absolute atomic E-state index is 12.2. The van der Waals surface area contributed by atoms with Crippen molar-refractivity contribution in [2.75, 3.05) is 10.6 Å². The van der Waals surface area contributed by atoms with Crippen LogP contribution in [-0.4, -0.2) is 26.8 Å². The van der Waals surface area contributed by atoms with E-state index >= 15 is 0 Å². The van der Waals surface area contributed by atoms with Crippen molar-refractivity contribution in [3.05, 3.63) is 78.6 Å². The SMILES string of the molecule is O=C(Nc1cccnc1)c1cncc(C(=O)Nc2cccnc2)c1. The summed E-state index contributed by atoms with van der Waals surface area (Å²) in [7, 11) is 0. The molecule has 7 heteroatoms. The van der Waals surface area contributed by atoms with Crippen molar-refractivity contribution in [3.8, 4) is 0 Å². The summed E-state index contributed by atoms with van der Waals surface area (Å²) in [5, 5.41) is 5.38. The summed E-state index contributed by atoms with van der Waals surface area (Å²) in [6.45, 7) is 0. The van der Waals surface area contributed by atoms with Crippen LogP contribution in [0.3, 0.4) is 0 Å². The molecular weight excluding hydrogens is 306 g/mol. The number of pyridine rings is 3. The zero-order valence-electron chi connectivity index (χ0n) is 12.5. The van der Waals surface area contributed by atoms with Crippen LogP contribution >= 0.6 is 0 Å². The highest BCUT2D eigenvalue weighted by Gasteiger charge is 2.12. The summed E-state index contributed by atoms with van der Waals surface area (Å²) in [5.41, 5.74) is 1.68. The van der Waals surface area contributed by atoms with Gasteiger partial charge in [-0.3, -0.25) is 24.5 Å². The molecule has 0 aliphatic rings. The number of carbonyl (C=O) groups is 2. The van der Waals surface area contributed by atoms with E-state index in [0.29, 0.717) is 11.4 Å². The van der Waals surface area contributed by atoms with Crippen LogP contribution in [0.1, 0.15) is 20.7 Å². The molecule has 0 saturated carbocycles. The number of hydrogen-bond donors (Lipinski definition) is 2. The Morgan fingerprint density at radius 3 is 1.62 bits per heavy atom. The van der Waals surface area contributed by atoms with Crippen LogP contribution in [0.5, 0.6) is 0 Å². The van der Waals surface area contributed by atoms with Crippen molar-refractivity contribution in [3.63, 3.8) is 0 Å². The maximum Gasteiger partial charge on any atom is 0.257 e. The maximum atomic E-state index is 12.2. The first-order valence-corrected chi connectivity index (χ1v) is 7.10. The molecule has 0 radical (unpaired) electrons. The summed E-state index contributed by atoms with van der Waals surface area (Å²) in [5.74, 6) is -0.738. The average molecular weight is 319 g/mol. The van der Waals surface area contributed by atoms with Crippen molar-refractivity contribution >= 4 is 23.2 Å². The second-order valence-electron chi connectivity index (χ2n) is 4.85. The first-order chi connectivity index (χ1) is 11.7. The molecule has 0 fully saturated rings. The van der Waals surface area contributed by atoms with Crippen LogP contribution in [0.2, 0.25) is 0 Å². The Morgan fingerprint density at radius 1 is 0.708 bits per heavy atom. The number of anilines is 2. The normalized spacial score (nSPS) is 10.0. The zero-order valence-corrected chi connectivity index (χ0v) is 12.5. The van der Waals surface area contributed by atoms with E-state index in [9.17, 15) is 9.59 Å². The van der Waals surface area contributed by atoms with Crippen molar-refractivity contribution < 1.29 is 9.59 Å². The highest BCUT2D eigenvalue weighted by Crippen LogP contribution is 2.10. The number of carbonyl (C=O) groups excluding carboxylic acids is 2. The Balaban J connectivity index is 1.74. The fraction of sp³-hybridized carbons (Fsp3) is 0. The first kappa shape index (κ1) is 15.3. The van der Waals surface area contributed by atoms with Gasteiger partial charge in [-0.15, -0.1) is 0 Å². The van der Waals surface area contributed by atoms with E-state index in [1.165, 1.54) is 30.9 Å². The molecule has 0 bridgehead atoms. The summed E-state index contributed by atoms with van der Waals surface area (Å²) >= 11 is 0. The van der Waals surface area contributed by atoms with Crippen LogP contribution in [0.15, 0.2) is 67.5 Å². The van der Waals surface area contributed by atoms with E-state index in [1.807, 2.05) is 0 Å². The number of nitrogens with one attached hydrogen (secondary N) is 2. The Bertz CT molecular complexity index is 784. The minimum atomic E-state index is -0.369. The monoisotopic (exact) mass is 319 g/mol. The number of amides is 2. The van der Waals surface area contributed by atoms with Gasteiger partial charge in [-0.2, -0.15) is 0 Å². The van der Waals surface area contributed by atoms with Gasteiger partial charge in [-0.1, -0.05) is 0 Å². The lowest BCUT2D eigenvalue weighted by Crippen LogP contribution is -2.16. The smallest absolute Gasteiger partial charge is 0.257 e. The molecule has 0 unspecified atom stereocenters. The standard InChI is InChI=1S/C17H13N5O2/c23-16(21-14-3-1-5-18-10-14)12-7-13(9-20-8-12)17(24)22-15-4-2-6-19-11-15/h1-11H,(H,21,23)(H,22,24). The number of rotatable bonds is 4. The second-order valence-corrected chi connectivity index (χ2v) is 4.85. The van der Waals surface area contributed by atoms with Gasteiger partial charge in [0.1, 0.15) is 0 Å². The lowest BCUT2D eigenvalue weighted by Gasteiger charge is -2.07. The van der Waals surface area contributed by atoms with Crippen molar-refractivity contribution in [1.82, 2.24) is 15.0 Å². The highest BCUT2D eigenvalue weighted by molar-refractivity contribution is 6.08. The van der Waals surface area contributed by atoms with Gasteiger partial charge in [-0.25, -0.2) is 0 Å². The van der Waals surface area contributed by atoms with Gasteiger partial charge in [0.15, 0.2) is 0 Å². The molecule has 0 saturated heterocycles. The Hall–Kier alpha value is -3.61. The minimum absolute atomic E-state index is 0.276.